The Bertz CT molecular complexity index is 269. The molecule has 1 aromatic heterocycles. The van der Waals surface area contributed by atoms with E-state index < -0.39 is 0 Å². The molecule has 0 spiro atoms. The van der Waals surface area contributed by atoms with Crippen LogP contribution in [0.15, 0.2) is 12.4 Å². The predicted octanol–water partition coefficient (Wildman–Crippen LogP) is 0.0284. The highest BCUT2D eigenvalue weighted by atomic mass is 16.5. The van der Waals surface area contributed by atoms with Crippen LogP contribution >= 0.6 is 0 Å². The number of hydrogen-bond acceptors (Lipinski definition) is 4. The first-order chi connectivity index (χ1) is 5.74. The summed E-state index contributed by atoms with van der Waals surface area (Å²) in [6.07, 6.45) is 3.17. The van der Waals surface area contributed by atoms with Crippen LogP contribution in [0.1, 0.15) is 6.92 Å². The van der Waals surface area contributed by atoms with Gasteiger partial charge in [0.1, 0.15) is 6.54 Å². The molecule has 0 aliphatic carbocycles. The zero-order valence-corrected chi connectivity index (χ0v) is 6.86. The minimum atomic E-state index is -0.304. The van der Waals surface area contributed by atoms with Crippen LogP contribution in [0, 0.1) is 0 Å². The van der Waals surface area contributed by atoms with Crippen LogP contribution in [0.4, 0.5) is 5.95 Å². The fourth-order valence-corrected chi connectivity index (χ4v) is 0.820. The summed E-state index contributed by atoms with van der Waals surface area (Å²) in [4.78, 5) is 14.7. The molecular weight excluding hydrogens is 158 g/mol. The molecule has 0 saturated heterocycles. The molecule has 0 aliphatic heterocycles. The van der Waals surface area contributed by atoms with E-state index in [-0.39, 0.29) is 12.5 Å². The third-order valence-electron chi connectivity index (χ3n) is 1.35. The Hall–Kier alpha value is -1.52. The number of rotatable bonds is 3. The van der Waals surface area contributed by atoms with Gasteiger partial charge in [0.2, 0.25) is 5.95 Å². The van der Waals surface area contributed by atoms with Crippen molar-refractivity contribution in [3.63, 3.8) is 0 Å². The van der Waals surface area contributed by atoms with Gasteiger partial charge in [-0.05, 0) is 6.92 Å². The number of nitrogens with zero attached hydrogens (tertiary/aromatic N) is 2. The number of imidazole rings is 1. The number of nitrogen functional groups attached to an aromatic ring is 1. The van der Waals surface area contributed by atoms with Crippen LogP contribution in [0.3, 0.4) is 0 Å². The lowest BCUT2D eigenvalue weighted by atomic mass is 10.6. The molecule has 5 heteroatoms. The van der Waals surface area contributed by atoms with Crippen molar-refractivity contribution in [2.24, 2.45) is 0 Å². The summed E-state index contributed by atoms with van der Waals surface area (Å²) < 4.78 is 6.25. The van der Waals surface area contributed by atoms with Gasteiger partial charge in [-0.2, -0.15) is 0 Å². The molecule has 1 heterocycles. The largest absolute Gasteiger partial charge is 0.465 e. The van der Waals surface area contributed by atoms with E-state index in [2.05, 4.69) is 4.98 Å². The summed E-state index contributed by atoms with van der Waals surface area (Å²) in [6, 6.07) is 0. The Morgan fingerprint density at radius 3 is 3.08 bits per heavy atom. The lowest BCUT2D eigenvalue weighted by Crippen LogP contribution is -2.14. The molecule has 0 fully saturated rings. The van der Waals surface area contributed by atoms with Crippen LogP contribution in [-0.2, 0) is 16.1 Å². The Labute approximate surface area is 70.1 Å². The van der Waals surface area contributed by atoms with Crippen LogP contribution in [0.5, 0.6) is 0 Å². The number of esters is 1. The summed E-state index contributed by atoms with van der Waals surface area (Å²) in [5.74, 6) is 0.0188. The van der Waals surface area contributed by atoms with E-state index in [1.807, 2.05) is 0 Å². The molecule has 2 N–H and O–H groups in total. The monoisotopic (exact) mass is 169 g/mol. The van der Waals surface area contributed by atoms with E-state index in [1.54, 1.807) is 13.1 Å². The second kappa shape index (κ2) is 3.75. The van der Waals surface area contributed by atoms with E-state index in [1.165, 1.54) is 10.8 Å². The predicted molar refractivity (Wildman–Crippen MR) is 43.3 cm³/mol. The summed E-state index contributed by atoms with van der Waals surface area (Å²) in [7, 11) is 0. The fourth-order valence-electron chi connectivity index (χ4n) is 0.820. The Balaban J connectivity index is 2.52. The molecule has 0 aromatic carbocycles. The average molecular weight is 169 g/mol. The summed E-state index contributed by atoms with van der Waals surface area (Å²) >= 11 is 0. The zero-order valence-electron chi connectivity index (χ0n) is 6.86. The zero-order chi connectivity index (χ0) is 8.97. The molecular formula is C7H11N3O2. The number of hydrogen-bond donors (Lipinski definition) is 1. The van der Waals surface area contributed by atoms with Crippen molar-refractivity contribution in [2.75, 3.05) is 12.3 Å². The maximum Gasteiger partial charge on any atom is 0.326 e. The van der Waals surface area contributed by atoms with Crippen molar-refractivity contribution in [3.8, 4) is 0 Å². The van der Waals surface area contributed by atoms with E-state index >= 15 is 0 Å². The molecule has 1 aromatic rings. The molecule has 0 amide bonds. The third kappa shape index (κ3) is 1.98. The third-order valence-corrected chi connectivity index (χ3v) is 1.35. The van der Waals surface area contributed by atoms with Gasteiger partial charge in [-0.25, -0.2) is 4.98 Å². The summed E-state index contributed by atoms with van der Waals surface area (Å²) in [5, 5.41) is 0. The Morgan fingerprint density at radius 2 is 2.58 bits per heavy atom. The Kier molecular flexibility index (Phi) is 2.68. The second-order valence-electron chi connectivity index (χ2n) is 2.22. The fraction of sp³-hybridized carbons (Fsp3) is 0.429. The van der Waals surface area contributed by atoms with Crippen molar-refractivity contribution < 1.29 is 9.53 Å². The van der Waals surface area contributed by atoms with Crippen LogP contribution in [-0.4, -0.2) is 22.1 Å². The second-order valence-corrected chi connectivity index (χ2v) is 2.22. The number of carbonyl (C=O) groups is 1. The number of anilines is 1. The van der Waals surface area contributed by atoms with Crippen molar-refractivity contribution in [1.82, 2.24) is 9.55 Å². The minimum absolute atomic E-state index is 0.125. The average Bonchev–Trinajstić information content (AvgIpc) is 2.37. The highest BCUT2D eigenvalue weighted by Gasteiger charge is 2.04. The maximum absolute atomic E-state index is 10.9. The van der Waals surface area contributed by atoms with E-state index in [9.17, 15) is 4.79 Å². The lowest BCUT2D eigenvalue weighted by molar-refractivity contribution is -0.143. The molecule has 5 nitrogen and oxygen atoms in total. The van der Waals surface area contributed by atoms with Crippen molar-refractivity contribution in [2.45, 2.75) is 13.5 Å². The molecule has 0 radical (unpaired) electrons. The SMILES string of the molecule is CCOC(=O)Cn1ccnc1N. The van der Waals surface area contributed by atoms with Crippen molar-refractivity contribution >= 4 is 11.9 Å². The van der Waals surface area contributed by atoms with Gasteiger partial charge in [0.15, 0.2) is 0 Å². The van der Waals surface area contributed by atoms with Gasteiger partial charge in [-0.1, -0.05) is 0 Å². The van der Waals surface area contributed by atoms with Gasteiger partial charge in [0, 0.05) is 12.4 Å². The first-order valence-electron chi connectivity index (χ1n) is 3.66. The molecule has 0 atom stereocenters. The first-order valence-corrected chi connectivity index (χ1v) is 3.66. The number of nitrogens with two attached hydrogens (primary N) is 1. The molecule has 0 saturated carbocycles. The topological polar surface area (TPSA) is 70.1 Å². The lowest BCUT2D eigenvalue weighted by Gasteiger charge is -2.03. The van der Waals surface area contributed by atoms with Crippen LogP contribution < -0.4 is 5.73 Å². The van der Waals surface area contributed by atoms with Gasteiger partial charge >= 0.3 is 5.97 Å². The quantitative estimate of drug-likeness (QED) is 0.648. The minimum Gasteiger partial charge on any atom is -0.465 e. The normalized spacial score (nSPS) is 9.75. The molecule has 0 aliphatic rings. The summed E-state index contributed by atoms with van der Waals surface area (Å²) in [5.41, 5.74) is 5.43. The van der Waals surface area contributed by atoms with Crippen LogP contribution in [0.2, 0.25) is 0 Å². The van der Waals surface area contributed by atoms with Crippen LogP contribution in [0.25, 0.3) is 0 Å². The molecule has 0 bridgehead atoms. The Morgan fingerprint density at radius 1 is 1.83 bits per heavy atom. The van der Waals surface area contributed by atoms with E-state index in [0.29, 0.717) is 12.6 Å². The highest BCUT2D eigenvalue weighted by molar-refractivity contribution is 5.69. The smallest absolute Gasteiger partial charge is 0.326 e. The number of carbonyl (C=O) groups excluding carboxylic acids is 1. The van der Waals surface area contributed by atoms with Gasteiger partial charge < -0.3 is 15.0 Å². The number of aromatic nitrogens is 2. The van der Waals surface area contributed by atoms with E-state index in [4.69, 9.17) is 10.5 Å². The van der Waals surface area contributed by atoms with Gasteiger partial charge in [-0.3, -0.25) is 4.79 Å². The van der Waals surface area contributed by atoms with Crippen molar-refractivity contribution in [3.05, 3.63) is 12.4 Å². The standard InChI is InChI=1S/C7H11N3O2/c1-2-12-6(11)5-10-4-3-9-7(10)8/h3-4H,2,5H2,1H3,(H2,8,9). The van der Waals surface area contributed by atoms with Gasteiger partial charge in [0.05, 0.1) is 6.61 Å². The molecule has 66 valence electrons. The van der Waals surface area contributed by atoms with Gasteiger partial charge in [-0.15, -0.1) is 0 Å². The highest BCUT2D eigenvalue weighted by Crippen LogP contribution is 1.98. The summed E-state index contributed by atoms with van der Waals surface area (Å²) in [6.45, 7) is 2.27. The maximum atomic E-state index is 10.9. The van der Waals surface area contributed by atoms with Gasteiger partial charge in [0.25, 0.3) is 0 Å². The molecule has 1 rings (SSSR count). The molecule has 0 unspecified atom stereocenters. The van der Waals surface area contributed by atoms with Crippen molar-refractivity contribution in [1.29, 1.82) is 0 Å². The van der Waals surface area contributed by atoms with E-state index in [0.717, 1.165) is 0 Å². The first kappa shape index (κ1) is 8.58. The number of ether oxygens (including phenoxy) is 1. The molecule has 12 heavy (non-hydrogen) atoms.